The van der Waals surface area contributed by atoms with Gasteiger partial charge in [0.05, 0.1) is 4.87 Å². The number of hydrogen-bond donors (Lipinski definition) is 0. The molecule has 0 aromatic heterocycles. The molecule has 1 heterocycles. The Morgan fingerprint density at radius 1 is 0.844 bits per heavy atom. The molecule has 2 aromatic carbocycles. The Morgan fingerprint density at radius 3 is 1.62 bits per heavy atom. The first-order valence-corrected chi connectivity index (χ1v) is 12.4. The largest absolute Gasteiger partial charge is 0.347 e. The van der Waals surface area contributed by atoms with Gasteiger partial charge in [0, 0.05) is 24.5 Å². The second-order valence-corrected chi connectivity index (χ2v) is 10.9. The standard InChI is InChI=1S/C29H41ClN2/c1-9-10-11-12-13-29(8,30)28-31(26-22(4)16-20(2)17-23(26)5)14-15-32(28)27-24(6)18-21(3)19-25(27)7/h9,16-19,28H,1,10-15H2,2-8H3. The molecule has 3 heteroatoms. The van der Waals surface area contributed by atoms with Crippen LogP contribution in [-0.2, 0) is 0 Å². The number of alkyl halides is 1. The van der Waals surface area contributed by atoms with E-state index in [1.165, 1.54) is 44.8 Å². The molecule has 174 valence electrons. The van der Waals surface area contributed by atoms with E-state index in [9.17, 15) is 0 Å². The maximum Gasteiger partial charge on any atom is 0.121 e. The maximum absolute atomic E-state index is 7.47. The maximum atomic E-state index is 7.47. The molecule has 2 aromatic rings. The van der Waals surface area contributed by atoms with Crippen molar-refractivity contribution in [3.05, 3.63) is 70.3 Å². The highest BCUT2D eigenvalue weighted by molar-refractivity contribution is 6.24. The summed E-state index contributed by atoms with van der Waals surface area (Å²) < 4.78 is 0. The van der Waals surface area contributed by atoms with Crippen LogP contribution < -0.4 is 9.80 Å². The normalized spacial score (nSPS) is 16.5. The molecule has 2 nitrogen and oxygen atoms in total. The lowest BCUT2D eigenvalue weighted by molar-refractivity contribution is 0.443. The third kappa shape index (κ3) is 5.01. The SMILES string of the molecule is C=CCCCCC(C)(Cl)C1N(c2c(C)cc(C)cc2C)CCN1c1c(C)cc(C)cc1C. The number of nitrogens with zero attached hydrogens (tertiary/aromatic N) is 2. The van der Waals surface area contributed by atoms with Crippen molar-refractivity contribution in [1.29, 1.82) is 0 Å². The minimum atomic E-state index is -0.370. The van der Waals surface area contributed by atoms with Crippen LogP contribution in [0, 0.1) is 41.5 Å². The number of anilines is 2. The quantitative estimate of drug-likeness (QED) is 0.228. The van der Waals surface area contributed by atoms with Gasteiger partial charge in [0.25, 0.3) is 0 Å². The van der Waals surface area contributed by atoms with Crippen LogP contribution in [0.5, 0.6) is 0 Å². The van der Waals surface area contributed by atoms with E-state index in [1.807, 2.05) is 6.08 Å². The lowest BCUT2D eigenvalue weighted by Gasteiger charge is -2.43. The zero-order chi connectivity index (χ0) is 23.6. The summed E-state index contributed by atoms with van der Waals surface area (Å²) in [6.07, 6.45) is 6.41. The zero-order valence-corrected chi connectivity index (χ0v) is 21.9. The number of benzene rings is 2. The van der Waals surface area contributed by atoms with Gasteiger partial charge in [-0.25, -0.2) is 0 Å². The molecule has 1 fully saturated rings. The highest BCUT2D eigenvalue weighted by Crippen LogP contribution is 2.43. The van der Waals surface area contributed by atoms with Crippen LogP contribution in [0.4, 0.5) is 11.4 Å². The molecule has 0 N–H and O–H groups in total. The van der Waals surface area contributed by atoms with Crippen LogP contribution in [0.2, 0.25) is 0 Å². The van der Waals surface area contributed by atoms with Crippen molar-refractivity contribution in [2.45, 2.75) is 85.2 Å². The summed E-state index contributed by atoms with van der Waals surface area (Å²) in [6.45, 7) is 21.4. The molecule has 1 aliphatic heterocycles. The van der Waals surface area contributed by atoms with E-state index in [0.717, 1.165) is 38.8 Å². The number of aryl methyl sites for hydroxylation is 6. The lowest BCUT2D eigenvalue weighted by atomic mass is 9.94. The number of allylic oxidation sites excluding steroid dienone is 1. The van der Waals surface area contributed by atoms with Gasteiger partial charge >= 0.3 is 0 Å². The van der Waals surface area contributed by atoms with Gasteiger partial charge in [0.2, 0.25) is 0 Å². The highest BCUT2D eigenvalue weighted by atomic mass is 35.5. The average molecular weight is 453 g/mol. The second kappa shape index (κ2) is 9.91. The summed E-state index contributed by atoms with van der Waals surface area (Å²) in [5, 5.41) is 0. The first-order valence-electron chi connectivity index (χ1n) is 12.1. The van der Waals surface area contributed by atoms with Crippen LogP contribution in [0.3, 0.4) is 0 Å². The molecule has 3 rings (SSSR count). The Labute approximate surface area is 201 Å². The molecule has 32 heavy (non-hydrogen) atoms. The summed E-state index contributed by atoms with van der Waals surface area (Å²) in [5.74, 6) is 0. The molecule has 0 saturated carbocycles. The fourth-order valence-corrected chi connectivity index (χ4v) is 6.25. The van der Waals surface area contributed by atoms with E-state index in [2.05, 4.69) is 89.1 Å². The monoisotopic (exact) mass is 452 g/mol. The van der Waals surface area contributed by atoms with Crippen LogP contribution >= 0.6 is 11.6 Å². The number of hydrogen-bond acceptors (Lipinski definition) is 2. The molecule has 1 atom stereocenters. The first-order chi connectivity index (χ1) is 15.1. The molecule has 1 saturated heterocycles. The fourth-order valence-electron chi connectivity index (χ4n) is 5.89. The van der Waals surface area contributed by atoms with Crippen LogP contribution in [-0.4, -0.2) is 24.1 Å². The predicted molar refractivity (Wildman–Crippen MR) is 143 cm³/mol. The Kier molecular flexibility index (Phi) is 7.65. The Morgan fingerprint density at radius 2 is 1.25 bits per heavy atom. The van der Waals surface area contributed by atoms with Crippen molar-refractivity contribution >= 4 is 23.0 Å². The fraction of sp³-hybridized carbons (Fsp3) is 0.517. The molecular formula is C29H41ClN2. The molecule has 0 bridgehead atoms. The smallest absolute Gasteiger partial charge is 0.121 e. The number of unbranched alkanes of at least 4 members (excludes halogenated alkanes) is 2. The minimum Gasteiger partial charge on any atom is -0.347 e. The zero-order valence-electron chi connectivity index (χ0n) is 21.2. The van der Waals surface area contributed by atoms with Crippen LogP contribution in [0.25, 0.3) is 0 Å². The van der Waals surface area contributed by atoms with E-state index in [-0.39, 0.29) is 11.0 Å². The van der Waals surface area contributed by atoms with E-state index >= 15 is 0 Å². The molecule has 0 radical (unpaired) electrons. The minimum absolute atomic E-state index is 0.105. The van der Waals surface area contributed by atoms with Gasteiger partial charge in [-0.15, -0.1) is 18.2 Å². The summed E-state index contributed by atoms with van der Waals surface area (Å²) in [7, 11) is 0. The Bertz CT molecular complexity index is 864. The van der Waals surface area contributed by atoms with Crippen molar-refractivity contribution in [2.75, 3.05) is 22.9 Å². The first kappa shape index (κ1) is 24.7. The second-order valence-electron chi connectivity index (χ2n) is 10.1. The summed E-state index contributed by atoms with van der Waals surface area (Å²) >= 11 is 7.47. The van der Waals surface area contributed by atoms with Gasteiger partial charge in [0.15, 0.2) is 0 Å². The van der Waals surface area contributed by atoms with Gasteiger partial charge in [-0.2, -0.15) is 0 Å². The lowest BCUT2D eigenvalue weighted by Crippen LogP contribution is -2.53. The van der Waals surface area contributed by atoms with Gasteiger partial charge in [-0.1, -0.05) is 47.9 Å². The van der Waals surface area contributed by atoms with Crippen molar-refractivity contribution in [3.8, 4) is 0 Å². The molecule has 1 unspecified atom stereocenters. The number of halogens is 1. The van der Waals surface area contributed by atoms with Crippen molar-refractivity contribution in [3.63, 3.8) is 0 Å². The molecular weight excluding hydrogens is 412 g/mol. The van der Waals surface area contributed by atoms with Gasteiger partial charge < -0.3 is 9.80 Å². The topological polar surface area (TPSA) is 6.48 Å². The third-order valence-corrected chi connectivity index (χ3v) is 7.26. The van der Waals surface area contributed by atoms with Gasteiger partial charge in [0.1, 0.15) is 6.17 Å². The Balaban J connectivity index is 2.08. The van der Waals surface area contributed by atoms with Gasteiger partial charge in [-0.05, 0) is 90.0 Å². The summed E-state index contributed by atoms with van der Waals surface area (Å²) in [6, 6.07) is 9.22. The van der Waals surface area contributed by atoms with E-state index < -0.39 is 0 Å². The molecule has 0 spiro atoms. The Hall–Kier alpha value is -1.93. The van der Waals surface area contributed by atoms with Crippen LogP contribution in [0.15, 0.2) is 36.9 Å². The van der Waals surface area contributed by atoms with Crippen molar-refractivity contribution in [2.24, 2.45) is 0 Å². The number of rotatable bonds is 8. The van der Waals surface area contributed by atoms with E-state index in [1.54, 1.807) is 0 Å². The van der Waals surface area contributed by atoms with E-state index in [0.29, 0.717) is 0 Å². The van der Waals surface area contributed by atoms with Crippen molar-refractivity contribution < 1.29 is 0 Å². The summed E-state index contributed by atoms with van der Waals surface area (Å²) in [4.78, 5) is 4.80. The van der Waals surface area contributed by atoms with Crippen LogP contribution in [0.1, 0.15) is 66.0 Å². The molecule has 0 amide bonds. The molecule has 1 aliphatic rings. The van der Waals surface area contributed by atoms with Gasteiger partial charge in [-0.3, -0.25) is 0 Å². The van der Waals surface area contributed by atoms with E-state index in [4.69, 9.17) is 11.6 Å². The third-order valence-electron chi connectivity index (χ3n) is 6.88. The summed E-state index contributed by atoms with van der Waals surface area (Å²) in [5.41, 5.74) is 10.7. The highest BCUT2D eigenvalue weighted by Gasteiger charge is 2.45. The molecule has 0 aliphatic carbocycles. The average Bonchev–Trinajstić information content (AvgIpc) is 3.09. The van der Waals surface area contributed by atoms with Crippen molar-refractivity contribution in [1.82, 2.24) is 0 Å². The predicted octanol–water partition coefficient (Wildman–Crippen LogP) is 7.93.